The number of hydrogen-bond donors (Lipinski definition) is 0. The van der Waals surface area contributed by atoms with E-state index >= 15 is 0 Å². The third-order valence-corrected chi connectivity index (χ3v) is 24.4. The van der Waals surface area contributed by atoms with Crippen LogP contribution in [-0.4, -0.2) is 99.7 Å². The zero-order chi connectivity index (χ0) is 94.1. The standard InChI is InChI=1S/2C18H13N5O.4C17H11N5O.6Pt/c2*1-21-8-9-23(11-21)14-10-24-17-12-4-3-5-13(15(12)20-16(14)17)18-19-6-7-22(18)2;3*1-21-7-6-19-17(21)12-4-2-3-11-14(12)20-15-13(9-23-16(11)15)22-8-5-18-10-22;1-20-7-8-22(11-20)14-9-23-17-12-3-2-4-13(15(12)19-16(14)17)21-6-5-18-10-21;;;;;;/h2*3-5,7-10H,1-2H3;4*2-9H,1H3;;;;;;/q6*-2;;4*+2;+4. The fourth-order valence-electron chi connectivity index (χ4n) is 17.8. The number of aromatic nitrogens is 30. The Morgan fingerprint density at radius 3 is 0.726 bits per heavy atom. The number of imidazole rings is 12. The Labute approximate surface area is 912 Å². The van der Waals surface area contributed by atoms with Crippen LogP contribution in [0.3, 0.4) is 0 Å². The number of nitrogens with zero attached hydrogens (tertiary/aromatic N) is 30. The molecule has 0 N–H and O–H groups in total. The van der Waals surface area contributed by atoms with E-state index in [0.29, 0.717) is 0 Å². The molecule has 0 atom stereocenters. The molecule has 36 nitrogen and oxygen atoms in total. The zero-order valence-corrected chi connectivity index (χ0v) is 91.0. The van der Waals surface area contributed by atoms with Crippen molar-refractivity contribution in [1.29, 1.82) is 0 Å². The summed E-state index contributed by atoms with van der Waals surface area (Å²) in [6, 6.07) is 36.2. The molecule has 0 bridgehead atoms. The first-order valence-corrected chi connectivity index (χ1v) is 43.8. The summed E-state index contributed by atoms with van der Waals surface area (Å²) in [6.07, 6.45) is 77.4. The Morgan fingerprint density at radius 2 is 0.500 bits per heavy atom. The van der Waals surface area contributed by atoms with Crippen molar-refractivity contribution in [2.75, 3.05) is 0 Å². The van der Waals surface area contributed by atoms with Crippen molar-refractivity contribution in [1.82, 2.24) is 130 Å². The molecule has 6 aromatic carbocycles. The average molecular weight is 3010 g/mol. The number of hydrogen-bond acceptors (Lipinski definition) is 15. The van der Waals surface area contributed by atoms with Gasteiger partial charge in [-0.15, -0.1) is 62.0 Å². The van der Waals surface area contributed by atoms with Gasteiger partial charge < -0.3 is 155 Å². The van der Waals surface area contributed by atoms with E-state index in [2.05, 4.69) is 102 Å². The zero-order valence-electron chi connectivity index (χ0n) is 77.3. The van der Waals surface area contributed by atoms with Crippen molar-refractivity contribution in [2.45, 2.75) is 0 Å². The number of furan rings is 6. The second kappa shape index (κ2) is 40.9. The fourth-order valence-corrected chi connectivity index (χ4v) is 17.8. The molecule has 42 heteroatoms. The van der Waals surface area contributed by atoms with Gasteiger partial charge in [-0.3, -0.25) is 0 Å². The molecule has 0 fully saturated rings. The summed E-state index contributed by atoms with van der Waals surface area (Å²) in [6.45, 7) is 0. The minimum absolute atomic E-state index is 0. The molecule has 732 valence electrons. The smallest absolute Gasteiger partial charge is 0.665 e. The first-order chi connectivity index (χ1) is 68.7. The first-order valence-electron chi connectivity index (χ1n) is 43.8. The summed E-state index contributed by atoms with van der Waals surface area (Å²) in [5.74, 6) is 4.31. The van der Waals surface area contributed by atoms with Gasteiger partial charge >= 0.3 is 105 Å². The van der Waals surface area contributed by atoms with Gasteiger partial charge in [-0.05, 0) is 64.7 Å². The molecule has 0 saturated carbocycles. The van der Waals surface area contributed by atoms with Crippen LogP contribution in [0.15, 0.2) is 310 Å². The van der Waals surface area contributed by atoms with Crippen LogP contribution in [0.2, 0.25) is 0 Å². The molecule has 0 aliphatic carbocycles. The number of benzene rings is 6. The molecular weight excluding hydrogens is 2940 g/mol. The van der Waals surface area contributed by atoms with E-state index in [-0.39, 0.29) is 126 Å². The molecule has 0 unspecified atom stereocenters. The molecule has 24 aromatic heterocycles. The summed E-state index contributed by atoms with van der Waals surface area (Å²) in [5, 5.41) is 5.87. The van der Waals surface area contributed by atoms with Crippen molar-refractivity contribution >= 4 is 132 Å². The van der Waals surface area contributed by atoms with Crippen LogP contribution in [-0.2, 0) is 183 Å². The van der Waals surface area contributed by atoms with Gasteiger partial charge in [0.2, 0.25) is 19.0 Å². The maximum Gasteiger partial charge on any atom is 4.00 e. The van der Waals surface area contributed by atoms with Crippen LogP contribution in [0.5, 0.6) is 0 Å². The quantitative estimate of drug-likeness (QED) is 0.0810. The molecule has 0 radical (unpaired) electrons. The van der Waals surface area contributed by atoms with Crippen molar-refractivity contribution in [3.8, 4) is 96.8 Å². The maximum atomic E-state index is 5.82. The average Bonchev–Trinajstić information content (AvgIpc) is 1.61. The van der Waals surface area contributed by atoms with Gasteiger partial charge in [0, 0.05) is 175 Å². The van der Waals surface area contributed by atoms with Gasteiger partial charge in [0.05, 0.1) is 75.8 Å². The van der Waals surface area contributed by atoms with Gasteiger partial charge in [-0.2, -0.15) is 0 Å². The number of para-hydroxylation sites is 6. The Hall–Kier alpha value is -15.6. The summed E-state index contributed by atoms with van der Waals surface area (Å²) in [4.78, 5) is 66.8. The molecule has 0 saturated heterocycles. The molecule has 0 aliphatic rings. The normalized spacial score (nSPS) is 11.2. The van der Waals surface area contributed by atoms with Crippen LogP contribution >= 0.6 is 0 Å². The third kappa shape index (κ3) is 17.3. The maximum absolute atomic E-state index is 5.82. The summed E-state index contributed by atoms with van der Waals surface area (Å²) in [7, 11) is 15.6. The number of fused-ring (bicyclic) bond motifs is 18. The van der Waals surface area contributed by atoms with Gasteiger partial charge in [0.15, 0.2) is 0 Å². The van der Waals surface area contributed by atoms with Gasteiger partial charge in [-0.25, -0.2) is 15.0 Å². The van der Waals surface area contributed by atoms with E-state index in [9.17, 15) is 0 Å². The molecule has 0 spiro atoms. The largest absolute Gasteiger partial charge is 4.00 e. The Balaban J connectivity index is 0.000000110. The van der Waals surface area contributed by atoms with Crippen LogP contribution in [0.25, 0.3) is 229 Å². The van der Waals surface area contributed by atoms with Crippen LogP contribution in [0.4, 0.5) is 0 Å². The molecular formula is C104H70N30O6Pt6. The molecule has 0 amide bonds. The molecule has 146 heavy (non-hydrogen) atoms. The molecule has 24 heterocycles. The third-order valence-electron chi connectivity index (χ3n) is 24.4. The monoisotopic (exact) mass is 3000 g/mol. The van der Waals surface area contributed by atoms with E-state index < -0.39 is 0 Å². The van der Waals surface area contributed by atoms with Crippen LogP contribution < -0.4 is 43.6 Å². The minimum atomic E-state index is 0. The van der Waals surface area contributed by atoms with Gasteiger partial charge in [-0.1, -0.05) is 199 Å². The first kappa shape index (κ1) is 99.2. The SMILES string of the molecule is C[n+]1[c-]n(-c2coc3c2[n-]c2c(-n4[c-]ncc4)cccc23)cc1.Cn1c[c-]nc1-c1cccc2c1[n-]c1c(-n3[c-][n+](C)cc3)coc12.Cn1c[c-]nc1-c1cccc2c1[n-]c1c(-n3[c-][n+](C)cc3)coc12.Cn1ccnc1-c1cccc2c1[n-]c1c(-n3[c-]ncc3)coc12.Cn1ccnc1-c1cccc2c1[n-]c1c(-n3[c-]ncc3)coc12.Cn1ccnc1-c1cccc2c1[n-]c1c(-n3[c-]ncc3)coc12.[Pt+2].[Pt+2].[Pt+2].[Pt+2].[Pt+4].[Pt]. The Morgan fingerprint density at radius 1 is 0.260 bits per heavy atom. The fraction of sp³-hybridized carbons (Fsp3) is 0.0769. The van der Waals surface area contributed by atoms with Gasteiger partial charge in [0.25, 0.3) is 0 Å². The van der Waals surface area contributed by atoms with E-state index in [1.54, 1.807) is 107 Å². The van der Waals surface area contributed by atoms with Gasteiger partial charge in [0.1, 0.15) is 51.0 Å². The number of aryl methyl sites for hydroxylation is 8. The second-order valence-electron chi connectivity index (χ2n) is 33.1. The van der Waals surface area contributed by atoms with Crippen LogP contribution in [0, 0.1) is 56.7 Å². The van der Waals surface area contributed by atoms with E-state index in [1.165, 1.54) is 0 Å². The van der Waals surface area contributed by atoms with E-state index in [4.69, 9.17) is 56.4 Å². The second-order valence-corrected chi connectivity index (χ2v) is 33.1. The van der Waals surface area contributed by atoms with E-state index in [1.807, 2.05) is 301 Å². The van der Waals surface area contributed by atoms with E-state index in [0.717, 1.165) is 229 Å². The summed E-state index contributed by atoms with van der Waals surface area (Å²) >= 11 is 0. The summed E-state index contributed by atoms with van der Waals surface area (Å²) in [5.41, 5.74) is 25.8. The predicted molar refractivity (Wildman–Crippen MR) is 513 cm³/mol. The Kier molecular flexibility index (Phi) is 27.8. The van der Waals surface area contributed by atoms with Crippen molar-refractivity contribution in [2.24, 2.45) is 56.4 Å². The molecule has 30 aromatic rings. The van der Waals surface area contributed by atoms with Crippen molar-refractivity contribution in [3.63, 3.8) is 0 Å². The van der Waals surface area contributed by atoms with Crippen molar-refractivity contribution in [3.05, 3.63) is 340 Å². The number of rotatable bonds is 12. The Bertz CT molecular complexity index is 9160. The topological polar surface area (TPSA) is 350 Å². The summed E-state index contributed by atoms with van der Waals surface area (Å²) < 4.78 is 62.9. The predicted octanol–water partition coefficient (Wildman–Crippen LogP) is 15.0. The van der Waals surface area contributed by atoms with Crippen molar-refractivity contribution < 1.29 is 167 Å². The molecule has 0 aliphatic heterocycles. The molecule has 30 rings (SSSR count). The minimum Gasteiger partial charge on any atom is -0.665 e. The van der Waals surface area contributed by atoms with Crippen LogP contribution in [0.1, 0.15) is 0 Å².